The van der Waals surface area contributed by atoms with Gasteiger partial charge in [0.25, 0.3) is 16.0 Å². The summed E-state index contributed by atoms with van der Waals surface area (Å²) in [5.74, 6) is -2.31. The van der Waals surface area contributed by atoms with Crippen LogP contribution >= 0.6 is 0 Å². The lowest BCUT2D eigenvalue weighted by Crippen LogP contribution is -2.50. The number of hydrogen-bond acceptors (Lipinski definition) is 6. The highest BCUT2D eigenvalue weighted by molar-refractivity contribution is 7.85. The van der Waals surface area contributed by atoms with Crippen LogP contribution in [-0.2, 0) is 19.7 Å². The number of benzene rings is 1. The maximum absolute atomic E-state index is 12.4. The van der Waals surface area contributed by atoms with Crippen LogP contribution in [0.4, 0.5) is 0 Å². The molecule has 3 N–H and O–H groups in total. The molecule has 1 atom stereocenters. The highest BCUT2D eigenvalue weighted by atomic mass is 32.2. The minimum absolute atomic E-state index is 0.0307. The van der Waals surface area contributed by atoms with Crippen molar-refractivity contribution in [3.8, 4) is 0 Å². The highest BCUT2D eigenvalue weighted by Crippen LogP contribution is 2.08. The summed E-state index contributed by atoms with van der Waals surface area (Å²) < 4.78 is 30.4. The molecule has 0 spiro atoms. The minimum atomic E-state index is -4.02. The molecule has 29 heavy (non-hydrogen) atoms. The third-order valence-corrected chi connectivity index (χ3v) is 5.38. The molecule has 0 aliphatic carbocycles. The Morgan fingerprint density at radius 1 is 1.07 bits per heavy atom. The molecule has 1 fully saturated rings. The number of piperazine rings is 1. The molecule has 2 amide bonds. The summed E-state index contributed by atoms with van der Waals surface area (Å²) in [5, 5.41) is 11.8. The van der Waals surface area contributed by atoms with E-state index < -0.39 is 28.0 Å². The van der Waals surface area contributed by atoms with Gasteiger partial charge in [-0.3, -0.25) is 19.0 Å². The molecule has 0 radical (unpaired) electrons. The zero-order chi connectivity index (χ0) is 21.4. The number of amides is 2. The van der Waals surface area contributed by atoms with Crippen LogP contribution in [0.2, 0.25) is 0 Å². The lowest BCUT2D eigenvalue weighted by atomic mass is 10.1. The van der Waals surface area contributed by atoms with Gasteiger partial charge in [-0.1, -0.05) is 18.2 Å². The van der Waals surface area contributed by atoms with Gasteiger partial charge in [0.15, 0.2) is 0 Å². The number of carbonyl (C=O) groups excluding carboxylic acids is 2. The molecular weight excluding hydrogens is 402 g/mol. The zero-order valence-electron chi connectivity index (χ0n) is 15.9. The van der Waals surface area contributed by atoms with E-state index in [9.17, 15) is 27.9 Å². The average molecular weight is 427 g/mol. The van der Waals surface area contributed by atoms with E-state index in [0.29, 0.717) is 31.7 Å². The summed E-state index contributed by atoms with van der Waals surface area (Å²) >= 11 is 0. The number of nitrogens with zero attached hydrogens (tertiary/aromatic N) is 2. The van der Waals surface area contributed by atoms with Crippen molar-refractivity contribution < 1.29 is 32.5 Å². The fourth-order valence-electron chi connectivity index (χ4n) is 2.98. The lowest BCUT2D eigenvalue weighted by molar-refractivity contribution is -0.139. The van der Waals surface area contributed by atoms with Crippen molar-refractivity contribution in [2.75, 3.05) is 38.5 Å². The van der Waals surface area contributed by atoms with Gasteiger partial charge in [0, 0.05) is 44.7 Å². The molecule has 1 aromatic carbocycles. The van der Waals surface area contributed by atoms with Gasteiger partial charge in [-0.05, 0) is 18.6 Å². The quantitative estimate of drug-likeness (QED) is 0.455. The Kier molecular flexibility index (Phi) is 8.11. The van der Waals surface area contributed by atoms with Crippen molar-refractivity contribution in [3.05, 3.63) is 35.9 Å². The summed E-state index contributed by atoms with van der Waals surface area (Å²) in [6.45, 7) is 1.90. The number of nitrogens with one attached hydrogen (secondary N) is 1. The molecule has 2 rings (SSSR count). The van der Waals surface area contributed by atoms with Gasteiger partial charge in [0.05, 0.1) is 5.75 Å². The Labute approximate surface area is 169 Å². The van der Waals surface area contributed by atoms with Gasteiger partial charge in [-0.25, -0.2) is 4.79 Å². The predicted octanol–water partition coefficient (Wildman–Crippen LogP) is -0.318. The van der Waals surface area contributed by atoms with Crippen LogP contribution in [0.25, 0.3) is 0 Å². The van der Waals surface area contributed by atoms with E-state index in [1.807, 2.05) is 4.90 Å². The summed E-state index contributed by atoms with van der Waals surface area (Å²) in [4.78, 5) is 39.4. The molecule has 11 heteroatoms. The number of carbonyl (C=O) groups is 3. The van der Waals surface area contributed by atoms with Crippen molar-refractivity contribution in [2.24, 2.45) is 0 Å². The summed E-state index contributed by atoms with van der Waals surface area (Å²) in [7, 11) is -4.02. The first kappa shape index (κ1) is 22.8. The van der Waals surface area contributed by atoms with Crippen molar-refractivity contribution >= 4 is 27.9 Å². The molecule has 10 nitrogen and oxygen atoms in total. The normalized spacial score (nSPS) is 16.2. The molecule has 1 aliphatic rings. The van der Waals surface area contributed by atoms with Gasteiger partial charge in [-0.15, -0.1) is 0 Å². The average Bonchev–Trinajstić information content (AvgIpc) is 2.69. The topological polar surface area (TPSA) is 144 Å². The molecule has 0 aromatic heterocycles. The minimum Gasteiger partial charge on any atom is -0.480 e. The Bertz CT molecular complexity index is 821. The van der Waals surface area contributed by atoms with Crippen LogP contribution in [0.15, 0.2) is 30.3 Å². The molecule has 1 aromatic rings. The maximum atomic E-state index is 12.4. The van der Waals surface area contributed by atoms with E-state index >= 15 is 0 Å². The second kappa shape index (κ2) is 10.3. The van der Waals surface area contributed by atoms with Gasteiger partial charge in [-0.2, -0.15) is 8.42 Å². The molecule has 160 valence electrons. The first-order valence-corrected chi connectivity index (χ1v) is 10.8. The smallest absolute Gasteiger partial charge is 0.326 e. The van der Waals surface area contributed by atoms with Gasteiger partial charge >= 0.3 is 5.97 Å². The number of hydrogen-bond donors (Lipinski definition) is 3. The lowest BCUT2D eigenvalue weighted by Gasteiger charge is -2.34. The molecule has 0 bridgehead atoms. The van der Waals surface area contributed by atoms with E-state index in [4.69, 9.17) is 4.55 Å². The third kappa shape index (κ3) is 7.80. The largest absolute Gasteiger partial charge is 0.480 e. The van der Waals surface area contributed by atoms with Crippen LogP contribution in [0.5, 0.6) is 0 Å². The molecule has 1 saturated heterocycles. The Hall–Kier alpha value is -2.50. The molecule has 1 heterocycles. The first-order valence-electron chi connectivity index (χ1n) is 9.20. The summed E-state index contributed by atoms with van der Waals surface area (Å²) in [6, 6.07) is 7.05. The fourth-order valence-corrected chi connectivity index (χ4v) is 3.47. The number of carboxylic acids is 1. The van der Waals surface area contributed by atoms with Crippen molar-refractivity contribution in [3.63, 3.8) is 0 Å². The monoisotopic (exact) mass is 427 g/mol. The van der Waals surface area contributed by atoms with Crippen molar-refractivity contribution in [1.82, 2.24) is 15.1 Å². The Morgan fingerprint density at radius 2 is 1.69 bits per heavy atom. The number of carboxylic acid groups (broad SMARTS) is 1. The molecule has 0 unspecified atom stereocenters. The van der Waals surface area contributed by atoms with E-state index in [2.05, 4.69) is 5.32 Å². The van der Waals surface area contributed by atoms with Crippen LogP contribution in [0.3, 0.4) is 0 Å². The van der Waals surface area contributed by atoms with E-state index in [1.165, 1.54) is 0 Å². The van der Waals surface area contributed by atoms with Gasteiger partial charge in [0.2, 0.25) is 5.91 Å². The van der Waals surface area contributed by atoms with Crippen molar-refractivity contribution in [2.45, 2.75) is 18.9 Å². The Morgan fingerprint density at radius 3 is 2.24 bits per heavy atom. The van der Waals surface area contributed by atoms with E-state index in [0.717, 1.165) is 0 Å². The standard InChI is InChI=1S/C18H25N3O7S/c22-16(21-10-8-20(9-11-21)12-13-29(26,27)28)7-6-15(18(24)25)19-17(23)14-4-2-1-3-5-14/h1-5,15H,6-13H2,(H,19,23)(H,24,25)(H,26,27,28)/t15-/m0/s1. The van der Waals surface area contributed by atoms with E-state index in [1.54, 1.807) is 35.2 Å². The van der Waals surface area contributed by atoms with Crippen LogP contribution in [0.1, 0.15) is 23.2 Å². The second-order valence-corrected chi connectivity index (χ2v) is 8.35. The second-order valence-electron chi connectivity index (χ2n) is 6.78. The number of aliphatic carboxylic acids is 1. The van der Waals surface area contributed by atoms with E-state index in [-0.39, 0.29) is 31.0 Å². The predicted molar refractivity (Wildman–Crippen MR) is 104 cm³/mol. The van der Waals surface area contributed by atoms with Crippen LogP contribution in [0, 0.1) is 0 Å². The fraction of sp³-hybridized carbons (Fsp3) is 0.500. The molecule has 0 saturated carbocycles. The Balaban J connectivity index is 1.79. The molecule has 1 aliphatic heterocycles. The van der Waals surface area contributed by atoms with Crippen molar-refractivity contribution in [1.29, 1.82) is 0 Å². The summed E-state index contributed by atoms with van der Waals surface area (Å²) in [6.07, 6.45) is -0.0627. The first-order chi connectivity index (χ1) is 13.7. The molecular formula is C18H25N3O7S. The maximum Gasteiger partial charge on any atom is 0.326 e. The van der Waals surface area contributed by atoms with Crippen LogP contribution in [-0.4, -0.2) is 90.2 Å². The van der Waals surface area contributed by atoms with Gasteiger partial charge in [0.1, 0.15) is 6.04 Å². The third-order valence-electron chi connectivity index (χ3n) is 4.68. The van der Waals surface area contributed by atoms with Gasteiger partial charge < -0.3 is 15.3 Å². The highest BCUT2D eigenvalue weighted by Gasteiger charge is 2.25. The summed E-state index contributed by atoms with van der Waals surface area (Å²) in [5.41, 5.74) is 0.339. The SMILES string of the molecule is O=C(N[C@@H](CCC(=O)N1CCN(CCS(=O)(=O)O)CC1)C(=O)O)c1ccccc1. The number of rotatable bonds is 9. The zero-order valence-corrected chi connectivity index (χ0v) is 16.7. The van der Waals surface area contributed by atoms with Crippen LogP contribution < -0.4 is 5.32 Å².